The van der Waals surface area contributed by atoms with Crippen LogP contribution in [0.15, 0.2) is 9.64 Å². The quantitative estimate of drug-likeness (QED) is 0.726. The first-order valence-corrected chi connectivity index (χ1v) is 6.92. The summed E-state index contributed by atoms with van der Waals surface area (Å²) < 4.78 is 5.23. The van der Waals surface area contributed by atoms with Crippen LogP contribution >= 0.6 is 11.8 Å². The number of nitrogens with zero attached hydrogens (tertiary/aromatic N) is 2. The van der Waals surface area contributed by atoms with Crippen LogP contribution < -0.4 is 5.32 Å². The van der Waals surface area contributed by atoms with Gasteiger partial charge >= 0.3 is 5.97 Å². The van der Waals surface area contributed by atoms with E-state index < -0.39 is 11.5 Å². The maximum Gasteiger partial charge on any atom is 0.323 e. The number of carboxylic acid groups (broad SMARTS) is 1. The number of aryl methyl sites for hydroxylation is 1. The monoisotopic (exact) mass is 271 g/mol. The van der Waals surface area contributed by atoms with Crippen molar-refractivity contribution >= 4 is 17.7 Å². The third-order valence-corrected chi connectivity index (χ3v) is 3.73. The molecule has 1 heterocycles. The van der Waals surface area contributed by atoms with E-state index in [0.717, 1.165) is 12.8 Å². The summed E-state index contributed by atoms with van der Waals surface area (Å²) in [6.07, 6.45) is 2.66. The number of rotatable bonds is 7. The Morgan fingerprint density at radius 2 is 2.33 bits per heavy atom. The van der Waals surface area contributed by atoms with Crippen LogP contribution in [0, 0.1) is 6.92 Å². The zero-order valence-electron chi connectivity index (χ0n) is 10.5. The van der Waals surface area contributed by atoms with Crippen LogP contribution in [0.25, 0.3) is 0 Å². The Balaban J connectivity index is 1.83. The zero-order chi connectivity index (χ0) is 13.2. The molecule has 1 aromatic heterocycles. The van der Waals surface area contributed by atoms with Crippen LogP contribution in [0.3, 0.4) is 0 Å². The Kier molecular flexibility index (Phi) is 3.91. The standard InChI is InChI=1S/C11H17N3O3S/c1-7-13-14-10(17-7)18-6-5-11(2,9(15)16)12-8-3-4-8/h8,12H,3-6H2,1-2H3,(H,15,16). The van der Waals surface area contributed by atoms with Crippen molar-refractivity contribution in [2.24, 2.45) is 0 Å². The molecule has 1 atom stereocenters. The molecule has 6 nitrogen and oxygen atoms in total. The average Bonchev–Trinajstić information content (AvgIpc) is 3.00. The molecule has 1 saturated carbocycles. The summed E-state index contributed by atoms with van der Waals surface area (Å²) in [6.45, 7) is 3.46. The zero-order valence-corrected chi connectivity index (χ0v) is 11.3. The minimum absolute atomic E-state index is 0.363. The summed E-state index contributed by atoms with van der Waals surface area (Å²) in [5.41, 5.74) is -0.872. The van der Waals surface area contributed by atoms with E-state index in [1.807, 2.05) is 0 Å². The van der Waals surface area contributed by atoms with Gasteiger partial charge in [-0.15, -0.1) is 10.2 Å². The maximum absolute atomic E-state index is 11.3. The van der Waals surface area contributed by atoms with Gasteiger partial charge < -0.3 is 9.52 Å². The number of carboxylic acids is 1. The van der Waals surface area contributed by atoms with Crippen LogP contribution in [0.2, 0.25) is 0 Å². The number of hydrogen-bond donors (Lipinski definition) is 2. The van der Waals surface area contributed by atoms with Crippen LogP contribution in [0.4, 0.5) is 0 Å². The lowest BCUT2D eigenvalue weighted by atomic mass is 9.99. The van der Waals surface area contributed by atoms with E-state index in [2.05, 4.69) is 15.5 Å². The van der Waals surface area contributed by atoms with E-state index in [0.29, 0.717) is 29.3 Å². The number of hydrogen-bond acceptors (Lipinski definition) is 6. The molecule has 1 aliphatic carbocycles. The van der Waals surface area contributed by atoms with Gasteiger partial charge in [-0.25, -0.2) is 0 Å². The second kappa shape index (κ2) is 5.27. The van der Waals surface area contributed by atoms with E-state index in [1.54, 1.807) is 13.8 Å². The van der Waals surface area contributed by atoms with Gasteiger partial charge in [0.1, 0.15) is 5.54 Å². The third kappa shape index (κ3) is 3.46. The molecule has 2 rings (SSSR count). The molecule has 0 amide bonds. The van der Waals surface area contributed by atoms with E-state index in [-0.39, 0.29) is 0 Å². The molecule has 0 aromatic carbocycles. The fraction of sp³-hybridized carbons (Fsp3) is 0.727. The minimum atomic E-state index is -0.872. The smallest absolute Gasteiger partial charge is 0.323 e. The van der Waals surface area contributed by atoms with Gasteiger partial charge in [-0.2, -0.15) is 0 Å². The molecule has 0 saturated heterocycles. The second-order valence-corrected chi connectivity index (χ2v) is 5.79. The molecule has 2 N–H and O–H groups in total. The van der Waals surface area contributed by atoms with Gasteiger partial charge in [-0.3, -0.25) is 10.1 Å². The van der Waals surface area contributed by atoms with Gasteiger partial charge in [0.25, 0.3) is 5.22 Å². The van der Waals surface area contributed by atoms with Crippen molar-refractivity contribution < 1.29 is 14.3 Å². The Bertz CT molecular complexity index is 433. The molecule has 7 heteroatoms. The molecule has 0 aliphatic heterocycles. The molecular weight excluding hydrogens is 254 g/mol. The third-order valence-electron chi connectivity index (χ3n) is 2.91. The van der Waals surface area contributed by atoms with Crippen LogP contribution in [-0.4, -0.2) is 38.6 Å². The lowest BCUT2D eigenvalue weighted by Gasteiger charge is -2.25. The highest BCUT2D eigenvalue weighted by Crippen LogP contribution is 2.26. The van der Waals surface area contributed by atoms with E-state index in [4.69, 9.17) is 4.42 Å². The largest absolute Gasteiger partial charge is 0.480 e. The van der Waals surface area contributed by atoms with Crippen molar-refractivity contribution in [3.8, 4) is 0 Å². The molecule has 0 bridgehead atoms. The van der Waals surface area contributed by atoms with Gasteiger partial charge in [0.2, 0.25) is 5.89 Å². The van der Waals surface area contributed by atoms with Crippen LogP contribution in [0.5, 0.6) is 0 Å². The second-order valence-electron chi connectivity index (χ2n) is 4.74. The van der Waals surface area contributed by atoms with Gasteiger partial charge in [-0.1, -0.05) is 11.8 Å². The normalized spacial score (nSPS) is 18.6. The molecule has 1 fully saturated rings. The van der Waals surface area contributed by atoms with Crippen molar-refractivity contribution in [3.63, 3.8) is 0 Å². The summed E-state index contributed by atoms with van der Waals surface area (Å²) >= 11 is 1.39. The van der Waals surface area contributed by atoms with Crippen LogP contribution in [-0.2, 0) is 4.79 Å². The Labute approximate surface area is 110 Å². The lowest BCUT2D eigenvalue weighted by molar-refractivity contribution is -0.144. The molecule has 18 heavy (non-hydrogen) atoms. The molecule has 100 valence electrons. The topological polar surface area (TPSA) is 88.2 Å². The summed E-state index contributed by atoms with van der Waals surface area (Å²) in [4.78, 5) is 11.3. The first-order valence-electron chi connectivity index (χ1n) is 5.93. The van der Waals surface area contributed by atoms with E-state index in [1.165, 1.54) is 11.8 Å². The SMILES string of the molecule is Cc1nnc(SCCC(C)(NC2CC2)C(=O)O)o1. The van der Waals surface area contributed by atoms with E-state index in [9.17, 15) is 9.90 Å². The lowest BCUT2D eigenvalue weighted by Crippen LogP contribution is -2.50. The van der Waals surface area contributed by atoms with Crippen molar-refractivity contribution in [1.82, 2.24) is 15.5 Å². The number of aromatic nitrogens is 2. The highest BCUT2D eigenvalue weighted by atomic mass is 32.2. The van der Waals surface area contributed by atoms with Crippen molar-refractivity contribution in [2.75, 3.05) is 5.75 Å². The number of carbonyl (C=O) groups is 1. The Hall–Kier alpha value is -1.08. The van der Waals surface area contributed by atoms with Gasteiger partial charge in [0, 0.05) is 18.7 Å². The predicted octanol–water partition coefficient (Wildman–Crippen LogP) is 1.46. The van der Waals surface area contributed by atoms with Crippen molar-refractivity contribution in [3.05, 3.63) is 5.89 Å². The average molecular weight is 271 g/mol. The summed E-state index contributed by atoms with van der Waals surface area (Å²) in [5.74, 6) is 0.343. The predicted molar refractivity (Wildman–Crippen MR) is 66.6 cm³/mol. The fourth-order valence-electron chi connectivity index (χ4n) is 1.60. The van der Waals surface area contributed by atoms with E-state index >= 15 is 0 Å². The number of thioether (sulfide) groups is 1. The van der Waals surface area contributed by atoms with Gasteiger partial charge in [0.05, 0.1) is 0 Å². The molecular formula is C11H17N3O3S. The number of nitrogens with one attached hydrogen (secondary N) is 1. The summed E-state index contributed by atoms with van der Waals surface area (Å²) in [7, 11) is 0. The molecule has 1 unspecified atom stereocenters. The fourth-order valence-corrected chi connectivity index (χ4v) is 2.56. The highest BCUT2D eigenvalue weighted by molar-refractivity contribution is 7.99. The molecule has 0 radical (unpaired) electrons. The number of aliphatic carboxylic acids is 1. The Morgan fingerprint density at radius 3 is 2.83 bits per heavy atom. The molecule has 1 aromatic rings. The first-order chi connectivity index (χ1) is 8.49. The molecule has 0 spiro atoms. The van der Waals surface area contributed by atoms with Crippen molar-refractivity contribution in [2.45, 2.75) is 49.9 Å². The first kappa shape index (κ1) is 13.4. The summed E-state index contributed by atoms with van der Waals surface area (Å²) in [5, 5.41) is 20.5. The minimum Gasteiger partial charge on any atom is -0.480 e. The van der Waals surface area contributed by atoms with Gasteiger partial charge in [0.15, 0.2) is 0 Å². The maximum atomic E-state index is 11.3. The van der Waals surface area contributed by atoms with Crippen molar-refractivity contribution in [1.29, 1.82) is 0 Å². The van der Waals surface area contributed by atoms with Gasteiger partial charge in [-0.05, 0) is 26.2 Å². The Morgan fingerprint density at radius 1 is 1.61 bits per heavy atom. The summed E-state index contributed by atoms with van der Waals surface area (Å²) in [6, 6.07) is 0.363. The highest BCUT2D eigenvalue weighted by Gasteiger charge is 2.38. The van der Waals surface area contributed by atoms with Crippen LogP contribution in [0.1, 0.15) is 32.1 Å². The molecule has 1 aliphatic rings.